The summed E-state index contributed by atoms with van der Waals surface area (Å²) in [5.74, 6) is 0. The van der Waals surface area contributed by atoms with Gasteiger partial charge in [-0.15, -0.1) is 0 Å². The van der Waals surface area contributed by atoms with Gasteiger partial charge in [0.25, 0.3) is 0 Å². The molecule has 2 N–H and O–H groups in total. The van der Waals surface area contributed by atoms with Crippen molar-refractivity contribution < 1.29 is 0 Å². The van der Waals surface area contributed by atoms with Crippen molar-refractivity contribution in [1.82, 2.24) is 9.80 Å². The molecule has 2 unspecified atom stereocenters. The van der Waals surface area contributed by atoms with Gasteiger partial charge in [0, 0.05) is 32.2 Å². The summed E-state index contributed by atoms with van der Waals surface area (Å²) < 4.78 is 0. The highest BCUT2D eigenvalue weighted by Crippen LogP contribution is 2.11. The van der Waals surface area contributed by atoms with E-state index in [2.05, 4.69) is 30.6 Å². The minimum Gasteiger partial charge on any atom is -0.392 e. The molecule has 3 nitrogen and oxygen atoms in total. The second-order valence-corrected chi connectivity index (χ2v) is 4.88. The van der Waals surface area contributed by atoms with Crippen molar-refractivity contribution in [2.45, 2.75) is 39.3 Å². The van der Waals surface area contributed by atoms with Gasteiger partial charge < -0.3 is 5.73 Å². The molecule has 88 valence electrons. The van der Waals surface area contributed by atoms with Crippen LogP contribution in [0.5, 0.6) is 0 Å². The van der Waals surface area contributed by atoms with Crippen LogP contribution in [0, 0.1) is 0 Å². The summed E-state index contributed by atoms with van der Waals surface area (Å²) in [5.41, 5.74) is 5.66. The Morgan fingerprint density at radius 1 is 1.20 bits per heavy atom. The Balaban J connectivity index is 2.38. The maximum Gasteiger partial charge on any atom is 0.0899 e. The molecule has 4 heteroatoms. The van der Waals surface area contributed by atoms with E-state index in [1.54, 1.807) is 0 Å². The zero-order valence-electron chi connectivity index (χ0n) is 10.1. The fourth-order valence-corrected chi connectivity index (χ4v) is 2.15. The molecule has 1 aliphatic rings. The van der Waals surface area contributed by atoms with Crippen molar-refractivity contribution >= 4 is 17.2 Å². The van der Waals surface area contributed by atoms with Crippen LogP contribution in [0.15, 0.2) is 0 Å². The molecule has 1 rings (SSSR count). The van der Waals surface area contributed by atoms with Gasteiger partial charge in [-0.3, -0.25) is 9.80 Å². The van der Waals surface area contributed by atoms with Gasteiger partial charge in [-0.25, -0.2) is 0 Å². The summed E-state index contributed by atoms with van der Waals surface area (Å²) >= 11 is 5.03. The molecule has 0 aromatic rings. The van der Waals surface area contributed by atoms with Gasteiger partial charge in [-0.2, -0.15) is 0 Å². The van der Waals surface area contributed by atoms with E-state index < -0.39 is 0 Å². The van der Waals surface area contributed by atoms with Crippen LogP contribution < -0.4 is 5.73 Å². The topological polar surface area (TPSA) is 32.5 Å². The lowest BCUT2D eigenvalue weighted by atomic mass is 10.1. The number of nitrogens with two attached hydrogens (primary N) is 1. The second kappa shape index (κ2) is 5.77. The Morgan fingerprint density at radius 3 is 2.07 bits per heavy atom. The van der Waals surface area contributed by atoms with E-state index in [1.807, 2.05) is 0 Å². The van der Waals surface area contributed by atoms with Crippen molar-refractivity contribution in [1.29, 1.82) is 0 Å². The van der Waals surface area contributed by atoms with Gasteiger partial charge in [0.2, 0.25) is 0 Å². The second-order valence-electron chi connectivity index (χ2n) is 4.41. The summed E-state index contributed by atoms with van der Waals surface area (Å²) in [7, 11) is 0. The zero-order valence-corrected chi connectivity index (χ0v) is 10.9. The minimum atomic E-state index is 0.249. The van der Waals surface area contributed by atoms with E-state index in [-0.39, 0.29) is 6.04 Å². The standard InChI is InChI=1S/C11H23N3S/c1-4-9(2)13-5-7-14(8-6-13)10(3)11(12)15/h9-10H,4-8H2,1-3H3,(H2,12,15). The van der Waals surface area contributed by atoms with Crippen LogP contribution in [0.3, 0.4) is 0 Å². The summed E-state index contributed by atoms with van der Waals surface area (Å²) in [5, 5.41) is 0. The summed E-state index contributed by atoms with van der Waals surface area (Å²) in [6.45, 7) is 11.1. The highest BCUT2D eigenvalue weighted by atomic mass is 32.1. The fourth-order valence-electron chi connectivity index (χ4n) is 2.00. The quantitative estimate of drug-likeness (QED) is 0.731. The minimum absolute atomic E-state index is 0.249. The van der Waals surface area contributed by atoms with Crippen LogP contribution in [0.2, 0.25) is 0 Å². The van der Waals surface area contributed by atoms with Gasteiger partial charge in [-0.05, 0) is 20.3 Å². The number of hydrogen-bond donors (Lipinski definition) is 1. The molecule has 0 aromatic carbocycles. The van der Waals surface area contributed by atoms with Crippen molar-refractivity contribution in [2.24, 2.45) is 5.73 Å². The SMILES string of the molecule is CCC(C)N1CCN(C(C)C(N)=S)CC1. The van der Waals surface area contributed by atoms with E-state index >= 15 is 0 Å². The van der Waals surface area contributed by atoms with Gasteiger partial charge in [0.15, 0.2) is 0 Å². The average Bonchev–Trinajstić information content (AvgIpc) is 2.27. The van der Waals surface area contributed by atoms with Crippen molar-refractivity contribution in [3.63, 3.8) is 0 Å². The fraction of sp³-hybridized carbons (Fsp3) is 0.909. The molecule has 1 saturated heterocycles. The third-order valence-electron chi connectivity index (χ3n) is 3.52. The summed E-state index contributed by atoms with van der Waals surface area (Å²) in [6.07, 6.45) is 1.23. The smallest absolute Gasteiger partial charge is 0.0899 e. The Labute approximate surface area is 98.6 Å². The van der Waals surface area contributed by atoms with Crippen LogP contribution >= 0.6 is 12.2 Å². The van der Waals surface area contributed by atoms with E-state index in [1.165, 1.54) is 6.42 Å². The number of piperazine rings is 1. The lowest BCUT2D eigenvalue weighted by molar-refractivity contribution is 0.0932. The van der Waals surface area contributed by atoms with Gasteiger partial charge in [-0.1, -0.05) is 19.1 Å². The van der Waals surface area contributed by atoms with Gasteiger partial charge in [0.1, 0.15) is 0 Å². The molecule has 0 bridgehead atoms. The van der Waals surface area contributed by atoms with Crippen LogP contribution in [-0.4, -0.2) is 53.1 Å². The van der Waals surface area contributed by atoms with Crippen LogP contribution in [0.4, 0.5) is 0 Å². The van der Waals surface area contributed by atoms with Gasteiger partial charge in [0.05, 0.1) is 11.0 Å². The molecule has 1 aliphatic heterocycles. The number of hydrogen-bond acceptors (Lipinski definition) is 3. The average molecular weight is 229 g/mol. The third-order valence-corrected chi connectivity index (χ3v) is 3.86. The Kier molecular flexibility index (Phi) is 4.96. The number of thiocarbonyl (C=S) groups is 1. The monoisotopic (exact) mass is 229 g/mol. The molecule has 0 spiro atoms. The van der Waals surface area contributed by atoms with Crippen molar-refractivity contribution in [3.8, 4) is 0 Å². The first-order valence-corrected chi connectivity index (χ1v) is 6.24. The Morgan fingerprint density at radius 2 is 1.67 bits per heavy atom. The van der Waals surface area contributed by atoms with Crippen LogP contribution in [-0.2, 0) is 0 Å². The molecule has 0 radical (unpaired) electrons. The molecule has 0 aromatic heterocycles. The molecule has 0 amide bonds. The first kappa shape index (κ1) is 12.9. The van der Waals surface area contributed by atoms with E-state index in [0.717, 1.165) is 26.2 Å². The Bertz CT molecular complexity index is 212. The van der Waals surface area contributed by atoms with E-state index in [0.29, 0.717) is 11.0 Å². The molecule has 0 aliphatic carbocycles. The van der Waals surface area contributed by atoms with Gasteiger partial charge >= 0.3 is 0 Å². The first-order valence-electron chi connectivity index (χ1n) is 5.83. The van der Waals surface area contributed by atoms with Crippen LogP contribution in [0.1, 0.15) is 27.2 Å². The zero-order chi connectivity index (χ0) is 11.4. The molecule has 0 saturated carbocycles. The molecule has 15 heavy (non-hydrogen) atoms. The molecule has 2 atom stereocenters. The molecular formula is C11H23N3S. The van der Waals surface area contributed by atoms with Crippen LogP contribution in [0.25, 0.3) is 0 Å². The normalized spacial score (nSPS) is 23.7. The highest BCUT2D eigenvalue weighted by Gasteiger charge is 2.23. The van der Waals surface area contributed by atoms with E-state index in [4.69, 9.17) is 18.0 Å². The maximum atomic E-state index is 5.66. The maximum absolute atomic E-state index is 5.66. The molecular weight excluding hydrogens is 206 g/mol. The number of rotatable bonds is 4. The lowest BCUT2D eigenvalue weighted by Crippen LogP contribution is -2.54. The lowest BCUT2D eigenvalue weighted by Gasteiger charge is -2.40. The van der Waals surface area contributed by atoms with E-state index in [9.17, 15) is 0 Å². The third kappa shape index (κ3) is 3.40. The van der Waals surface area contributed by atoms with Crippen molar-refractivity contribution in [2.75, 3.05) is 26.2 Å². The molecule has 1 fully saturated rings. The predicted octanol–water partition coefficient (Wildman–Crippen LogP) is 1.08. The first-order chi connectivity index (χ1) is 7.06. The number of nitrogens with zero attached hydrogens (tertiary/aromatic N) is 2. The predicted molar refractivity (Wildman–Crippen MR) is 69.1 cm³/mol. The highest BCUT2D eigenvalue weighted by molar-refractivity contribution is 7.80. The van der Waals surface area contributed by atoms with Crippen molar-refractivity contribution in [3.05, 3.63) is 0 Å². The molecule has 1 heterocycles. The summed E-state index contributed by atoms with van der Waals surface area (Å²) in [4.78, 5) is 5.54. The largest absolute Gasteiger partial charge is 0.392 e. The summed E-state index contributed by atoms with van der Waals surface area (Å²) in [6, 6.07) is 0.950. The Hall–Kier alpha value is -0.190.